The fraction of sp³-hybridized carbons (Fsp3) is 0.571. The molecule has 1 aromatic carbocycles. The van der Waals surface area contributed by atoms with Gasteiger partial charge in [0.2, 0.25) is 0 Å². The molecule has 1 heterocycles. The van der Waals surface area contributed by atoms with Crippen molar-refractivity contribution in [2.75, 3.05) is 6.54 Å². The maximum absolute atomic E-state index is 12.6. The van der Waals surface area contributed by atoms with E-state index in [4.69, 9.17) is 0 Å². The third kappa shape index (κ3) is 2.86. The van der Waals surface area contributed by atoms with Gasteiger partial charge in [-0.1, -0.05) is 23.8 Å². The topological polar surface area (TPSA) is 12.0 Å². The molecular formula is C14H18F3N. The van der Waals surface area contributed by atoms with Crippen molar-refractivity contribution in [3.8, 4) is 0 Å². The number of hydrogen-bond acceptors (Lipinski definition) is 1. The zero-order valence-electron chi connectivity index (χ0n) is 10.6. The highest BCUT2D eigenvalue weighted by Crippen LogP contribution is 2.36. The van der Waals surface area contributed by atoms with Gasteiger partial charge >= 0.3 is 6.18 Å². The van der Waals surface area contributed by atoms with Crippen molar-refractivity contribution in [2.24, 2.45) is 5.92 Å². The lowest BCUT2D eigenvalue weighted by Crippen LogP contribution is -2.40. The summed E-state index contributed by atoms with van der Waals surface area (Å²) in [6, 6.07) is 6.19. The molecule has 1 aromatic rings. The van der Waals surface area contributed by atoms with Crippen LogP contribution in [0.1, 0.15) is 35.6 Å². The van der Waals surface area contributed by atoms with E-state index in [1.165, 1.54) is 0 Å². The molecule has 18 heavy (non-hydrogen) atoms. The minimum absolute atomic E-state index is 0.0293. The minimum Gasteiger partial charge on any atom is -0.309 e. The van der Waals surface area contributed by atoms with Gasteiger partial charge < -0.3 is 5.32 Å². The summed E-state index contributed by atoms with van der Waals surface area (Å²) in [4.78, 5) is 0. The number of aryl methyl sites for hydroxylation is 2. The zero-order chi connectivity index (χ0) is 13.3. The Balaban J connectivity index is 2.08. The fourth-order valence-corrected chi connectivity index (χ4v) is 2.54. The van der Waals surface area contributed by atoms with Crippen LogP contribution in [0.15, 0.2) is 18.2 Å². The Bertz CT molecular complexity index is 418. The summed E-state index contributed by atoms with van der Waals surface area (Å²) in [6.07, 6.45) is -3.30. The quantitative estimate of drug-likeness (QED) is 0.804. The SMILES string of the molecule is Cc1ccc(C)c(C2CCC(C(F)(F)F)CN2)c1. The predicted octanol–water partition coefficient (Wildman–Crippen LogP) is 3.91. The van der Waals surface area contributed by atoms with Gasteiger partial charge in [0.1, 0.15) is 0 Å². The standard InChI is InChI=1S/C14H18F3N/c1-9-3-4-10(2)12(7-9)13-6-5-11(8-18-13)14(15,16)17/h3-4,7,11,13,18H,5-6,8H2,1-2H3. The first-order valence-electron chi connectivity index (χ1n) is 6.25. The van der Waals surface area contributed by atoms with Crippen molar-refractivity contribution in [1.82, 2.24) is 5.32 Å². The minimum atomic E-state index is -4.07. The first-order chi connectivity index (χ1) is 8.38. The summed E-state index contributed by atoms with van der Waals surface area (Å²) in [6.45, 7) is 4.04. The lowest BCUT2D eigenvalue weighted by Gasteiger charge is -2.32. The van der Waals surface area contributed by atoms with E-state index in [-0.39, 0.29) is 19.0 Å². The predicted molar refractivity (Wildman–Crippen MR) is 65.4 cm³/mol. The van der Waals surface area contributed by atoms with Crippen molar-refractivity contribution < 1.29 is 13.2 Å². The van der Waals surface area contributed by atoms with Crippen molar-refractivity contribution in [3.63, 3.8) is 0 Å². The van der Waals surface area contributed by atoms with Crippen LogP contribution in [0.2, 0.25) is 0 Å². The van der Waals surface area contributed by atoms with Crippen LogP contribution in [-0.2, 0) is 0 Å². The third-order valence-electron chi connectivity index (χ3n) is 3.69. The van der Waals surface area contributed by atoms with E-state index in [9.17, 15) is 13.2 Å². The Morgan fingerprint density at radius 3 is 2.44 bits per heavy atom. The fourth-order valence-electron chi connectivity index (χ4n) is 2.54. The Morgan fingerprint density at radius 1 is 1.17 bits per heavy atom. The van der Waals surface area contributed by atoms with Gasteiger partial charge in [0.25, 0.3) is 0 Å². The second-order valence-corrected chi connectivity index (χ2v) is 5.14. The second kappa shape index (κ2) is 4.92. The molecule has 4 heteroatoms. The number of alkyl halides is 3. The maximum Gasteiger partial charge on any atom is 0.393 e. The molecule has 2 rings (SSSR count). The molecule has 1 saturated heterocycles. The van der Waals surface area contributed by atoms with Gasteiger partial charge in [-0.25, -0.2) is 0 Å². The largest absolute Gasteiger partial charge is 0.393 e. The van der Waals surface area contributed by atoms with Crippen LogP contribution in [0, 0.1) is 19.8 Å². The monoisotopic (exact) mass is 257 g/mol. The summed E-state index contributed by atoms with van der Waals surface area (Å²) in [5.74, 6) is -1.20. The van der Waals surface area contributed by atoms with Crippen LogP contribution in [0.4, 0.5) is 13.2 Å². The summed E-state index contributed by atoms with van der Waals surface area (Å²) in [5, 5.41) is 3.04. The van der Waals surface area contributed by atoms with Crippen LogP contribution in [-0.4, -0.2) is 12.7 Å². The normalized spacial score (nSPS) is 25.2. The van der Waals surface area contributed by atoms with Gasteiger partial charge in [0.05, 0.1) is 5.92 Å². The molecule has 0 bridgehead atoms. The number of benzene rings is 1. The van der Waals surface area contributed by atoms with E-state index >= 15 is 0 Å². The number of nitrogens with one attached hydrogen (secondary N) is 1. The molecule has 2 atom stereocenters. The van der Waals surface area contributed by atoms with Gasteiger partial charge in [0.15, 0.2) is 0 Å². The summed E-state index contributed by atoms with van der Waals surface area (Å²) < 4.78 is 37.7. The molecule has 0 spiro atoms. The van der Waals surface area contributed by atoms with Crippen LogP contribution in [0.25, 0.3) is 0 Å². The molecule has 100 valence electrons. The van der Waals surface area contributed by atoms with Gasteiger partial charge in [0, 0.05) is 12.6 Å². The van der Waals surface area contributed by atoms with Gasteiger partial charge in [-0.15, -0.1) is 0 Å². The zero-order valence-corrected chi connectivity index (χ0v) is 10.6. The molecule has 0 radical (unpaired) electrons. The number of piperidine rings is 1. The first-order valence-corrected chi connectivity index (χ1v) is 6.25. The van der Waals surface area contributed by atoms with Gasteiger partial charge in [-0.2, -0.15) is 13.2 Å². The maximum atomic E-state index is 12.6. The first kappa shape index (κ1) is 13.4. The molecule has 1 aliphatic heterocycles. The molecule has 0 amide bonds. The van der Waals surface area contributed by atoms with Gasteiger partial charge in [-0.3, -0.25) is 0 Å². The van der Waals surface area contributed by atoms with Crippen LogP contribution in [0.5, 0.6) is 0 Å². The molecule has 1 fully saturated rings. The van der Waals surface area contributed by atoms with E-state index in [1.807, 2.05) is 26.0 Å². The van der Waals surface area contributed by atoms with E-state index in [0.29, 0.717) is 6.42 Å². The Kier molecular flexibility index (Phi) is 3.66. The number of hydrogen-bond donors (Lipinski definition) is 1. The lowest BCUT2D eigenvalue weighted by atomic mass is 9.88. The second-order valence-electron chi connectivity index (χ2n) is 5.14. The lowest BCUT2D eigenvalue weighted by molar-refractivity contribution is -0.179. The Labute approximate surface area is 105 Å². The van der Waals surface area contributed by atoms with Crippen molar-refractivity contribution >= 4 is 0 Å². The smallest absolute Gasteiger partial charge is 0.309 e. The van der Waals surface area contributed by atoms with Crippen LogP contribution >= 0.6 is 0 Å². The molecular weight excluding hydrogens is 239 g/mol. The van der Waals surface area contributed by atoms with Gasteiger partial charge in [-0.05, 0) is 37.8 Å². The van der Waals surface area contributed by atoms with E-state index in [0.717, 1.165) is 16.7 Å². The van der Waals surface area contributed by atoms with Crippen molar-refractivity contribution in [2.45, 2.75) is 38.9 Å². The molecule has 1 aliphatic rings. The third-order valence-corrected chi connectivity index (χ3v) is 3.69. The summed E-state index contributed by atoms with van der Waals surface area (Å²) in [7, 11) is 0. The molecule has 2 unspecified atom stereocenters. The van der Waals surface area contributed by atoms with Crippen molar-refractivity contribution in [3.05, 3.63) is 34.9 Å². The molecule has 1 N–H and O–H groups in total. The highest BCUT2D eigenvalue weighted by Gasteiger charge is 2.41. The highest BCUT2D eigenvalue weighted by atomic mass is 19.4. The Morgan fingerprint density at radius 2 is 1.89 bits per heavy atom. The average Bonchev–Trinajstić information content (AvgIpc) is 2.31. The summed E-state index contributed by atoms with van der Waals surface area (Å²) >= 11 is 0. The summed E-state index contributed by atoms with van der Waals surface area (Å²) in [5.41, 5.74) is 3.43. The van der Waals surface area contributed by atoms with E-state index in [1.54, 1.807) is 0 Å². The van der Waals surface area contributed by atoms with Crippen molar-refractivity contribution in [1.29, 1.82) is 0 Å². The van der Waals surface area contributed by atoms with Crippen LogP contribution < -0.4 is 5.32 Å². The molecule has 0 saturated carbocycles. The van der Waals surface area contributed by atoms with E-state index in [2.05, 4.69) is 11.4 Å². The average molecular weight is 257 g/mol. The molecule has 1 nitrogen and oxygen atoms in total. The highest BCUT2D eigenvalue weighted by molar-refractivity contribution is 5.33. The van der Waals surface area contributed by atoms with E-state index < -0.39 is 12.1 Å². The molecule has 0 aliphatic carbocycles. The Hall–Kier alpha value is -1.03. The van der Waals surface area contributed by atoms with Crippen LogP contribution in [0.3, 0.4) is 0 Å². The number of rotatable bonds is 1. The number of halogens is 3. The molecule has 0 aromatic heterocycles.